The summed E-state index contributed by atoms with van der Waals surface area (Å²) in [7, 11) is 0. The molecule has 2 rings (SSSR count). The van der Waals surface area contributed by atoms with Crippen molar-refractivity contribution in [3.63, 3.8) is 0 Å². The van der Waals surface area contributed by atoms with Crippen LogP contribution in [0.2, 0.25) is 0 Å². The van der Waals surface area contributed by atoms with Gasteiger partial charge in [0.15, 0.2) is 5.65 Å². The van der Waals surface area contributed by atoms with E-state index in [1.54, 1.807) is 6.92 Å². The van der Waals surface area contributed by atoms with E-state index >= 15 is 0 Å². The molecule has 0 aliphatic carbocycles. The Labute approximate surface area is 88.7 Å². The van der Waals surface area contributed by atoms with Crippen molar-refractivity contribution in [1.82, 2.24) is 15.0 Å². The highest BCUT2D eigenvalue weighted by molar-refractivity contribution is 5.71. The van der Waals surface area contributed by atoms with Crippen LogP contribution in [0.25, 0.3) is 11.2 Å². The molecular formula is C9H9F3N4. The first-order valence-corrected chi connectivity index (χ1v) is 4.56. The lowest BCUT2D eigenvalue weighted by Gasteiger charge is -2.04. The van der Waals surface area contributed by atoms with Gasteiger partial charge in [-0.1, -0.05) is 0 Å². The van der Waals surface area contributed by atoms with Crippen molar-refractivity contribution in [3.8, 4) is 0 Å². The molecule has 1 unspecified atom stereocenters. The molecule has 2 aromatic rings. The second-order valence-electron chi connectivity index (χ2n) is 3.50. The minimum atomic E-state index is -4.40. The van der Waals surface area contributed by atoms with Gasteiger partial charge in [0.25, 0.3) is 0 Å². The highest BCUT2D eigenvalue weighted by Gasteiger charge is 2.31. The number of H-pyrrole nitrogens is 1. The summed E-state index contributed by atoms with van der Waals surface area (Å²) in [6.45, 7) is 1.68. The summed E-state index contributed by atoms with van der Waals surface area (Å²) in [5.74, 6) is 0.418. The summed E-state index contributed by atoms with van der Waals surface area (Å²) in [5, 5.41) is 0. The maximum absolute atomic E-state index is 12.4. The van der Waals surface area contributed by atoms with E-state index in [1.807, 2.05) is 0 Å². The molecule has 16 heavy (non-hydrogen) atoms. The van der Waals surface area contributed by atoms with Crippen LogP contribution in [-0.4, -0.2) is 15.0 Å². The Balaban J connectivity index is 2.54. The molecule has 86 valence electrons. The molecule has 1 atom stereocenters. The number of pyridine rings is 1. The Hall–Kier alpha value is -1.63. The average molecular weight is 230 g/mol. The van der Waals surface area contributed by atoms with Gasteiger partial charge in [0.2, 0.25) is 0 Å². The van der Waals surface area contributed by atoms with E-state index in [9.17, 15) is 13.2 Å². The van der Waals surface area contributed by atoms with Crippen LogP contribution < -0.4 is 5.73 Å². The van der Waals surface area contributed by atoms with Crippen molar-refractivity contribution in [2.75, 3.05) is 0 Å². The van der Waals surface area contributed by atoms with Crippen LogP contribution in [0.15, 0.2) is 12.3 Å². The second kappa shape index (κ2) is 3.44. The maximum atomic E-state index is 12.4. The second-order valence-corrected chi connectivity index (χ2v) is 3.50. The highest BCUT2D eigenvalue weighted by atomic mass is 19.4. The van der Waals surface area contributed by atoms with E-state index in [0.717, 1.165) is 12.3 Å². The minimum Gasteiger partial charge on any atom is -0.339 e. The first-order chi connectivity index (χ1) is 7.38. The van der Waals surface area contributed by atoms with Crippen LogP contribution in [-0.2, 0) is 6.18 Å². The van der Waals surface area contributed by atoms with E-state index in [2.05, 4.69) is 15.0 Å². The molecular weight excluding hydrogens is 221 g/mol. The molecule has 4 nitrogen and oxygen atoms in total. The molecule has 2 heterocycles. The number of nitrogens with zero attached hydrogens (tertiary/aromatic N) is 2. The van der Waals surface area contributed by atoms with E-state index in [4.69, 9.17) is 5.73 Å². The minimum absolute atomic E-state index is 0.236. The van der Waals surface area contributed by atoms with Gasteiger partial charge in [-0.3, -0.25) is 0 Å². The van der Waals surface area contributed by atoms with Crippen LogP contribution in [0.5, 0.6) is 0 Å². The van der Waals surface area contributed by atoms with E-state index in [0.29, 0.717) is 5.82 Å². The fourth-order valence-electron chi connectivity index (χ4n) is 1.29. The van der Waals surface area contributed by atoms with Crippen molar-refractivity contribution < 1.29 is 13.2 Å². The smallest absolute Gasteiger partial charge is 0.339 e. The van der Waals surface area contributed by atoms with Gasteiger partial charge in [-0.25, -0.2) is 9.97 Å². The van der Waals surface area contributed by atoms with Crippen molar-refractivity contribution in [3.05, 3.63) is 23.7 Å². The van der Waals surface area contributed by atoms with Gasteiger partial charge >= 0.3 is 6.18 Å². The number of hydrogen-bond donors (Lipinski definition) is 2. The van der Waals surface area contributed by atoms with Gasteiger partial charge in [0.05, 0.1) is 17.1 Å². The molecule has 0 saturated carbocycles. The summed E-state index contributed by atoms with van der Waals surface area (Å²) in [6.07, 6.45) is -3.64. The normalized spacial score (nSPS) is 14.3. The van der Waals surface area contributed by atoms with Crippen molar-refractivity contribution >= 4 is 11.2 Å². The number of fused-ring (bicyclic) bond motifs is 1. The number of hydrogen-bond acceptors (Lipinski definition) is 3. The Bertz CT molecular complexity index is 515. The Morgan fingerprint density at radius 3 is 2.69 bits per heavy atom. The van der Waals surface area contributed by atoms with Crippen molar-refractivity contribution in [2.45, 2.75) is 19.1 Å². The van der Waals surface area contributed by atoms with E-state index in [1.165, 1.54) is 0 Å². The predicted octanol–water partition coefficient (Wildman–Crippen LogP) is 2.00. The van der Waals surface area contributed by atoms with Gasteiger partial charge in [-0.05, 0) is 13.0 Å². The molecule has 0 bridgehead atoms. The lowest BCUT2D eigenvalue weighted by atomic mass is 10.2. The van der Waals surface area contributed by atoms with E-state index in [-0.39, 0.29) is 17.2 Å². The molecule has 0 aliphatic heterocycles. The molecule has 7 heteroatoms. The number of aromatic amines is 1. The summed E-state index contributed by atoms with van der Waals surface area (Å²) >= 11 is 0. The van der Waals surface area contributed by atoms with Crippen LogP contribution in [0.1, 0.15) is 24.4 Å². The third kappa shape index (κ3) is 1.85. The number of alkyl halides is 3. The zero-order valence-corrected chi connectivity index (χ0v) is 8.34. The topological polar surface area (TPSA) is 67.6 Å². The predicted molar refractivity (Wildman–Crippen MR) is 51.5 cm³/mol. The third-order valence-electron chi connectivity index (χ3n) is 2.11. The summed E-state index contributed by atoms with van der Waals surface area (Å²) in [5.41, 5.74) is 5.23. The third-order valence-corrected chi connectivity index (χ3v) is 2.11. The van der Waals surface area contributed by atoms with Crippen LogP contribution in [0.4, 0.5) is 13.2 Å². The Morgan fingerprint density at radius 2 is 2.12 bits per heavy atom. The number of halogens is 3. The first kappa shape index (κ1) is 10.9. The fourth-order valence-corrected chi connectivity index (χ4v) is 1.29. The van der Waals surface area contributed by atoms with Gasteiger partial charge in [0.1, 0.15) is 5.82 Å². The van der Waals surface area contributed by atoms with Crippen LogP contribution >= 0.6 is 0 Å². The molecule has 0 spiro atoms. The number of aromatic nitrogens is 3. The molecule has 2 aromatic heterocycles. The lowest BCUT2D eigenvalue weighted by Crippen LogP contribution is -2.06. The number of imidazole rings is 1. The summed E-state index contributed by atoms with van der Waals surface area (Å²) < 4.78 is 37.1. The largest absolute Gasteiger partial charge is 0.417 e. The molecule has 3 N–H and O–H groups in total. The fraction of sp³-hybridized carbons (Fsp3) is 0.333. The Morgan fingerprint density at radius 1 is 1.44 bits per heavy atom. The van der Waals surface area contributed by atoms with E-state index < -0.39 is 11.7 Å². The molecule has 0 fully saturated rings. The standard InChI is InChI=1S/C9H9F3N4/c1-4(13)7-15-6-2-5(9(10,11)12)3-14-8(6)16-7/h2-4H,13H2,1H3,(H,14,15,16). The maximum Gasteiger partial charge on any atom is 0.417 e. The van der Waals surface area contributed by atoms with Gasteiger partial charge in [0, 0.05) is 6.20 Å². The number of rotatable bonds is 1. The molecule has 0 aromatic carbocycles. The van der Waals surface area contributed by atoms with Gasteiger partial charge < -0.3 is 10.7 Å². The number of nitrogens with one attached hydrogen (secondary N) is 1. The van der Waals surface area contributed by atoms with Crippen molar-refractivity contribution in [1.29, 1.82) is 0 Å². The zero-order chi connectivity index (χ0) is 11.9. The zero-order valence-electron chi connectivity index (χ0n) is 8.34. The molecule has 0 aliphatic rings. The average Bonchev–Trinajstić information content (AvgIpc) is 2.58. The van der Waals surface area contributed by atoms with Crippen LogP contribution in [0, 0.1) is 0 Å². The van der Waals surface area contributed by atoms with Gasteiger partial charge in [-0.15, -0.1) is 0 Å². The number of nitrogens with two attached hydrogens (primary N) is 1. The summed E-state index contributed by atoms with van der Waals surface area (Å²) in [6, 6.07) is 0.602. The van der Waals surface area contributed by atoms with Crippen molar-refractivity contribution in [2.24, 2.45) is 5.73 Å². The molecule has 0 saturated heterocycles. The first-order valence-electron chi connectivity index (χ1n) is 4.56. The van der Waals surface area contributed by atoms with Gasteiger partial charge in [-0.2, -0.15) is 13.2 Å². The molecule has 0 radical (unpaired) electrons. The summed E-state index contributed by atoms with van der Waals surface area (Å²) in [4.78, 5) is 10.3. The Kier molecular flexibility index (Phi) is 2.34. The van der Waals surface area contributed by atoms with Crippen LogP contribution in [0.3, 0.4) is 0 Å². The quantitative estimate of drug-likeness (QED) is 0.787. The monoisotopic (exact) mass is 230 g/mol. The SMILES string of the molecule is CC(N)c1nc2ncc(C(F)(F)F)cc2[nH]1. The highest BCUT2D eigenvalue weighted by Crippen LogP contribution is 2.30. The lowest BCUT2D eigenvalue weighted by molar-refractivity contribution is -0.137. The molecule has 0 amide bonds.